The van der Waals surface area contributed by atoms with E-state index in [2.05, 4.69) is 22.8 Å². The summed E-state index contributed by atoms with van der Waals surface area (Å²) in [6, 6.07) is 0.407. The average Bonchev–Trinajstić information content (AvgIpc) is 2.19. The van der Waals surface area contributed by atoms with Crippen LogP contribution in [0.25, 0.3) is 0 Å². The van der Waals surface area contributed by atoms with E-state index in [1.165, 1.54) is 25.9 Å². The van der Waals surface area contributed by atoms with Gasteiger partial charge in [0, 0.05) is 19.0 Å². The van der Waals surface area contributed by atoms with Crippen LogP contribution in [0.1, 0.15) is 19.3 Å². The number of amides is 1. The van der Waals surface area contributed by atoms with Crippen molar-refractivity contribution in [1.82, 2.24) is 10.2 Å². The van der Waals surface area contributed by atoms with E-state index in [0.29, 0.717) is 18.2 Å². The van der Waals surface area contributed by atoms with Gasteiger partial charge in [-0.1, -0.05) is 0 Å². The number of nitrogens with one attached hydrogen (secondary N) is 1. The summed E-state index contributed by atoms with van der Waals surface area (Å²) >= 11 is 4.06. The van der Waals surface area contributed by atoms with Crippen LogP contribution in [0.15, 0.2) is 0 Å². The molecular formula is C10H18N2OS. The Balaban J connectivity index is 1.83. The van der Waals surface area contributed by atoms with Crippen LogP contribution in [-0.4, -0.2) is 42.2 Å². The third-order valence-corrected chi connectivity index (χ3v) is 3.57. The Kier molecular flexibility index (Phi) is 3.34. The first-order valence-corrected chi connectivity index (χ1v) is 6.05. The number of nitrogens with zero attached hydrogens (tertiary/aromatic N) is 1. The van der Waals surface area contributed by atoms with Crippen LogP contribution in [0.3, 0.4) is 0 Å². The van der Waals surface area contributed by atoms with Gasteiger partial charge in [-0.3, -0.25) is 4.79 Å². The molecule has 2 bridgehead atoms. The number of carbonyl (C=O) groups is 1. The van der Waals surface area contributed by atoms with Crippen LogP contribution >= 0.6 is 12.6 Å². The zero-order valence-corrected chi connectivity index (χ0v) is 9.30. The smallest absolute Gasteiger partial charge is 0.221 e. The number of carbonyl (C=O) groups excluding carboxylic acids is 1. The van der Waals surface area contributed by atoms with E-state index in [1.807, 2.05) is 0 Å². The van der Waals surface area contributed by atoms with Crippen molar-refractivity contribution in [1.29, 1.82) is 0 Å². The summed E-state index contributed by atoms with van der Waals surface area (Å²) in [5, 5.41) is 3.12. The molecule has 1 atom stereocenters. The maximum atomic E-state index is 11.4. The second-order valence-corrected chi connectivity index (χ2v) is 4.73. The van der Waals surface area contributed by atoms with E-state index in [-0.39, 0.29) is 5.91 Å². The fourth-order valence-corrected chi connectivity index (χ4v) is 2.71. The highest BCUT2D eigenvalue weighted by Gasteiger charge is 2.34. The zero-order chi connectivity index (χ0) is 9.97. The van der Waals surface area contributed by atoms with E-state index in [1.54, 1.807) is 0 Å². The van der Waals surface area contributed by atoms with Gasteiger partial charge in [0.1, 0.15) is 0 Å². The van der Waals surface area contributed by atoms with Crippen LogP contribution in [0.5, 0.6) is 0 Å². The van der Waals surface area contributed by atoms with Crippen molar-refractivity contribution in [2.24, 2.45) is 5.92 Å². The van der Waals surface area contributed by atoms with E-state index in [4.69, 9.17) is 0 Å². The minimum absolute atomic E-state index is 0.166. The molecule has 3 heterocycles. The van der Waals surface area contributed by atoms with Crippen molar-refractivity contribution in [2.45, 2.75) is 25.3 Å². The summed E-state index contributed by atoms with van der Waals surface area (Å²) in [6.07, 6.45) is 3.06. The fourth-order valence-electron chi connectivity index (χ4n) is 2.51. The Hall–Kier alpha value is -0.220. The molecular weight excluding hydrogens is 196 g/mol. The van der Waals surface area contributed by atoms with Gasteiger partial charge in [-0.15, -0.1) is 0 Å². The van der Waals surface area contributed by atoms with Crippen molar-refractivity contribution >= 4 is 18.5 Å². The molecule has 3 saturated heterocycles. The molecule has 1 unspecified atom stereocenters. The lowest BCUT2D eigenvalue weighted by Gasteiger charge is -2.44. The molecule has 0 radical (unpaired) electrons. The van der Waals surface area contributed by atoms with E-state index in [0.717, 1.165) is 12.5 Å². The summed E-state index contributed by atoms with van der Waals surface area (Å²) in [6.45, 7) is 3.51. The molecule has 0 aromatic rings. The van der Waals surface area contributed by atoms with Crippen molar-refractivity contribution in [3.63, 3.8) is 0 Å². The van der Waals surface area contributed by atoms with Gasteiger partial charge < -0.3 is 10.2 Å². The van der Waals surface area contributed by atoms with E-state index >= 15 is 0 Å². The molecule has 80 valence electrons. The fraction of sp³-hybridized carbons (Fsp3) is 0.900. The monoisotopic (exact) mass is 214 g/mol. The second kappa shape index (κ2) is 4.53. The van der Waals surface area contributed by atoms with Crippen LogP contribution < -0.4 is 5.32 Å². The van der Waals surface area contributed by atoms with Crippen molar-refractivity contribution in [3.8, 4) is 0 Å². The highest BCUT2D eigenvalue weighted by atomic mass is 32.1. The Morgan fingerprint density at radius 3 is 2.64 bits per heavy atom. The Labute approximate surface area is 90.6 Å². The summed E-state index contributed by atoms with van der Waals surface area (Å²) in [5.41, 5.74) is 0. The largest absolute Gasteiger partial charge is 0.352 e. The number of hydrogen-bond donors (Lipinski definition) is 2. The minimum Gasteiger partial charge on any atom is -0.352 e. The maximum Gasteiger partial charge on any atom is 0.221 e. The van der Waals surface area contributed by atoms with Gasteiger partial charge in [0.15, 0.2) is 0 Å². The van der Waals surface area contributed by atoms with E-state index in [9.17, 15) is 4.79 Å². The van der Waals surface area contributed by atoms with Gasteiger partial charge in [-0.05, 0) is 37.6 Å². The molecule has 3 nitrogen and oxygen atoms in total. The van der Waals surface area contributed by atoms with Crippen LogP contribution in [0.2, 0.25) is 0 Å². The zero-order valence-electron chi connectivity index (χ0n) is 8.41. The Bertz CT molecular complexity index is 214. The lowest BCUT2D eigenvalue weighted by atomic mass is 9.84. The molecule has 0 spiro atoms. The molecule has 14 heavy (non-hydrogen) atoms. The molecule has 1 amide bonds. The molecule has 1 N–H and O–H groups in total. The molecule has 3 aliphatic heterocycles. The quantitative estimate of drug-likeness (QED) is 0.671. The predicted molar refractivity (Wildman–Crippen MR) is 59.6 cm³/mol. The number of piperidine rings is 3. The summed E-state index contributed by atoms with van der Waals surface area (Å²) in [5.74, 6) is 1.54. The van der Waals surface area contributed by atoms with E-state index < -0.39 is 0 Å². The first-order chi connectivity index (χ1) is 6.79. The van der Waals surface area contributed by atoms with Gasteiger partial charge in [-0.2, -0.15) is 12.6 Å². The van der Waals surface area contributed by atoms with Crippen molar-refractivity contribution in [2.75, 3.05) is 25.4 Å². The molecule has 3 aliphatic rings. The lowest BCUT2D eigenvalue weighted by Crippen LogP contribution is -2.57. The lowest BCUT2D eigenvalue weighted by molar-refractivity contribution is -0.122. The van der Waals surface area contributed by atoms with Gasteiger partial charge in [0.2, 0.25) is 5.91 Å². The van der Waals surface area contributed by atoms with Crippen LogP contribution in [-0.2, 0) is 4.79 Å². The highest BCUT2D eigenvalue weighted by Crippen LogP contribution is 2.27. The van der Waals surface area contributed by atoms with Gasteiger partial charge in [0.05, 0.1) is 0 Å². The predicted octanol–water partition coefficient (Wildman–Crippen LogP) is 0.517. The minimum atomic E-state index is 0.166. The first kappa shape index (κ1) is 10.3. The number of rotatable bonds is 3. The maximum absolute atomic E-state index is 11.4. The second-order valence-electron chi connectivity index (χ2n) is 4.29. The molecule has 4 heteroatoms. The molecule has 0 aliphatic carbocycles. The molecule has 3 rings (SSSR count). The van der Waals surface area contributed by atoms with Gasteiger partial charge in [0.25, 0.3) is 0 Å². The standard InChI is InChI=1S/C10H18N2OS/c13-10(3-6-14)11-9-7-12-4-1-8(9)2-5-12/h8-9,14H,1-7H2,(H,11,13). The molecule has 0 saturated carbocycles. The normalized spacial score (nSPS) is 35.6. The van der Waals surface area contributed by atoms with Crippen LogP contribution in [0.4, 0.5) is 0 Å². The third kappa shape index (κ3) is 2.23. The van der Waals surface area contributed by atoms with Crippen molar-refractivity contribution < 1.29 is 4.79 Å². The molecule has 3 fully saturated rings. The Morgan fingerprint density at radius 1 is 1.43 bits per heavy atom. The van der Waals surface area contributed by atoms with Gasteiger partial charge >= 0.3 is 0 Å². The first-order valence-electron chi connectivity index (χ1n) is 5.42. The van der Waals surface area contributed by atoms with Crippen molar-refractivity contribution in [3.05, 3.63) is 0 Å². The number of hydrogen-bond acceptors (Lipinski definition) is 3. The number of fused-ring (bicyclic) bond motifs is 3. The average molecular weight is 214 g/mol. The summed E-state index contributed by atoms with van der Waals surface area (Å²) in [4.78, 5) is 13.9. The molecule has 0 aromatic carbocycles. The van der Waals surface area contributed by atoms with Gasteiger partial charge in [-0.25, -0.2) is 0 Å². The highest BCUT2D eigenvalue weighted by molar-refractivity contribution is 7.80. The van der Waals surface area contributed by atoms with Crippen LogP contribution in [0, 0.1) is 5.92 Å². The topological polar surface area (TPSA) is 32.3 Å². The Morgan fingerprint density at radius 2 is 2.14 bits per heavy atom. The SMILES string of the molecule is O=C(CCS)NC1CN2CCC1CC2. The number of thiol groups is 1. The third-order valence-electron chi connectivity index (χ3n) is 3.34. The summed E-state index contributed by atoms with van der Waals surface area (Å²) in [7, 11) is 0. The summed E-state index contributed by atoms with van der Waals surface area (Å²) < 4.78 is 0. The molecule has 0 aromatic heterocycles.